The minimum absolute atomic E-state index is 0.399. The molecule has 1 saturated heterocycles. The molecule has 1 unspecified atom stereocenters. The molecule has 0 bridgehead atoms. The Morgan fingerprint density at radius 2 is 2.04 bits per heavy atom. The molecule has 3 nitrogen and oxygen atoms in total. The Labute approximate surface area is 147 Å². The molecule has 5 heteroatoms. The third-order valence-electron chi connectivity index (χ3n) is 4.90. The first-order valence-corrected chi connectivity index (χ1v) is 9.45. The molecule has 0 spiro atoms. The fourth-order valence-corrected chi connectivity index (χ4v) is 4.86. The third-order valence-corrected chi connectivity index (χ3v) is 6.30. The predicted molar refractivity (Wildman–Crippen MR) is 96.4 cm³/mol. The van der Waals surface area contributed by atoms with E-state index in [0.717, 1.165) is 31.2 Å². The van der Waals surface area contributed by atoms with E-state index in [1.807, 2.05) is 17.8 Å². The van der Waals surface area contributed by atoms with Crippen LogP contribution in [0, 0.1) is 0 Å². The van der Waals surface area contributed by atoms with Crippen molar-refractivity contribution in [3.05, 3.63) is 47.1 Å². The second-order valence-corrected chi connectivity index (χ2v) is 7.99. The predicted octanol–water partition coefficient (Wildman–Crippen LogP) is 3.98. The highest BCUT2D eigenvalue weighted by Gasteiger charge is 2.28. The van der Waals surface area contributed by atoms with Gasteiger partial charge in [-0.05, 0) is 55.9 Å². The molecule has 0 amide bonds. The largest absolute Gasteiger partial charge is 0.341 e. The number of fused-ring (bicyclic) bond motifs is 2. The van der Waals surface area contributed by atoms with E-state index in [-0.39, 0.29) is 0 Å². The zero-order valence-electron chi connectivity index (χ0n) is 13.4. The summed E-state index contributed by atoms with van der Waals surface area (Å²) >= 11 is 8.19. The first-order chi connectivity index (χ1) is 11.2. The van der Waals surface area contributed by atoms with Crippen LogP contribution in [0.5, 0.6) is 0 Å². The number of benzene rings is 1. The van der Waals surface area contributed by atoms with E-state index in [0.29, 0.717) is 6.04 Å². The zero-order chi connectivity index (χ0) is 15.8. The number of nitrogens with zero attached hydrogens (tertiary/aromatic N) is 3. The van der Waals surface area contributed by atoms with E-state index in [2.05, 4.69) is 51.9 Å². The highest BCUT2D eigenvalue weighted by atomic mass is 35.5. The molecule has 1 aromatic heterocycles. The fraction of sp³-hybridized carbons (Fsp3) is 0.444. The van der Waals surface area contributed by atoms with E-state index in [4.69, 9.17) is 11.6 Å². The van der Waals surface area contributed by atoms with Gasteiger partial charge in [0.2, 0.25) is 0 Å². The third kappa shape index (κ3) is 3.18. The van der Waals surface area contributed by atoms with Gasteiger partial charge in [0.1, 0.15) is 0 Å². The van der Waals surface area contributed by atoms with Crippen molar-refractivity contribution in [2.75, 3.05) is 33.2 Å². The molecule has 23 heavy (non-hydrogen) atoms. The SMILES string of the molecule is CN1CCCN(C2Cn3cccc3Sc3ccc(Cl)cc32)CC1. The Hall–Kier alpha value is -0.940. The number of aromatic nitrogens is 1. The second kappa shape index (κ2) is 6.52. The summed E-state index contributed by atoms with van der Waals surface area (Å²) in [6, 6.07) is 11.1. The van der Waals surface area contributed by atoms with Crippen LogP contribution in [0.1, 0.15) is 18.0 Å². The Balaban J connectivity index is 1.73. The molecule has 2 aliphatic rings. The van der Waals surface area contributed by atoms with Crippen LogP contribution >= 0.6 is 23.4 Å². The molecule has 0 aliphatic carbocycles. The van der Waals surface area contributed by atoms with Crippen LogP contribution in [0.15, 0.2) is 46.5 Å². The van der Waals surface area contributed by atoms with Crippen LogP contribution in [-0.4, -0.2) is 47.6 Å². The minimum atomic E-state index is 0.399. The summed E-state index contributed by atoms with van der Waals surface area (Å²) in [6.07, 6.45) is 3.43. The van der Waals surface area contributed by atoms with Crippen molar-refractivity contribution in [3.8, 4) is 0 Å². The van der Waals surface area contributed by atoms with Crippen LogP contribution in [0.25, 0.3) is 0 Å². The number of rotatable bonds is 1. The molecular weight excluding hydrogens is 326 g/mol. The molecule has 0 N–H and O–H groups in total. The van der Waals surface area contributed by atoms with Crippen molar-refractivity contribution in [3.63, 3.8) is 0 Å². The molecule has 1 aromatic carbocycles. The normalized spacial score (nSPS) is 23.0. The Morgan fingerprint density at radius 1 is 1.13 bits per heavy atom. The van der Waals surface area contributed by atoms with Crippen molar-refractivity contribution in [2.24, 2.45) is 0 Å². The molecule has 122 valence electrons. The van der Waals surface area contributed by atoms with Gasteiger partial charge in [-0.3, -0.25) is 4.90 Å². The Kier molecular flexibility index (Phi) is 4.41. The molecule has 0 radical (unpaired) electrons. The molecular formula is C18H22ClN3S. The van der Waals surface area contributed by atoms with Gasteiger partial charge in [-0.15, -0.1) is 0 Å². The summed E-state index contributed by atoms with van der Waals surface area (Å²) < 4.78 is 2.39. The van der Waals surface area contributed by atoms with Crippen LogP contribution < -0.4 is 0 Å². The van der Waals surface area contributed by atoms with Crippen LogP contribution in [-0.2, 0) is 6.54 Å². The van der Waals surface area contributed by atoms with Gasteiger partial charge in [-0.2, -0.15) is 0 Å². The minimum Gasteiger partial charge on any atom is -0.341 e. The standard InChI is InChI=1S/C18H22ClN3S/c1-20-7-3-9-21(11-10-20)16-13-22-8-2-4-18(22)23-17-6-5-14(19)12-15(16)17/h2,4-6,8,12,16H,3,7,9-11,13H2,1H3. The summed E-state index contributed by atoms with van der Waals surface area (Å²) in [7, 11) is 2.22. The van der Waals surface area contributed by atoms with Crippen molar-refractivity contribution in [1.29, 1.82) is 0 Å². The summed E-state index contributed by atoms with van der Waals surface area (Å²) in [5, 5.41) is 2.16. The first-order valence-electron chi connectivity index (χ1n) is 8.26. The Bertz CT molecular complexity index is 699. The van der Waals surface area contributed by atoms with Crippen molar-refractivity contribution in [2.45, 2.75) is 28.9 Å². The van der Waals surface area contributed by atoms with Crippen LogP contribution in [0.2, 0.25) is 5.02 Å². The molecule has 2 aliphatic heterocycles. The number of likely N-dealkylation sites (N-methyl/N-ethyl adjacent to an activating group) is 1. The average molecular weight is 348 g/mol. The molecule has 0 saturated carbocycles. The molecule has 1 fully saturated rings. The lowest BCUT2D eigenvalue weighted by atomic mass is 10.0. The summed E-state index contributed by atoms with van der Waals surface area (Å²) in [5.74, 6) is 0. The van der Waals surface area contributed by atoms with E-state index in [9.17, 15) is 0 Å². The first kappa shape index (κ1) is 15.6. The van der Waals surface area contributed by atoms with Gasteiger partial charge in [0.25, 0.3) is 0 Å². The lowest BCUT2D eigenvalue weighted by Gasteiger charge is -2.31. The van der Waals surface area contributed by atoms with Crippen molar-refractivity contribution >= 4 is 23.4 Å². The Morgan fingerprint density at radius 3 is 2.96 bits per heavy atom. The van der Waals surface area contributed by atoms with Gasteiger partial charge in [-0.25, -0.2) is 0 Å². The van der Waals surface area contributed by atoms with E-state index >= 15 is 0 Å². The maximum Gasteiger partial charge on any atom is 0.0797 e. The lowest BCUT2D eigenvalue weighted by molar-refractivity contribution is 0.181. The van der Waals surface area contributed by atoms with Crippen LogP contribution in [0.4, 0.5) is 0 Å². The quantitative estimate of drug-likeness (QED) is 0.773. The number of hydrogen-bond acceptors (Lipinski definition) is 3. The molecule has 4 rings (SSSR count). The fourth-order valence-electron chi connectivity index (χ4n) is 3.60. The van der Waals surface area contributed by atoms with Gasteiger partial charge < -0.3 is 9.47 Å². The number of hydrogen-bond donors (Lipinski definition) is 0. The number of halogens is 1. The van der Waals surface area contributed by atoms with E-state index in [1.54, 1.807) is 0 Å². The second-order valence-electron chi connectivity index (χ2n) is 6.49. The van der Waals surface area contributed by atoms with Gasteiger partial charge in [0, 0.05) is 42.3 Å². The van der Waals surface area contributed by atoms with E-state index < -0.39 is 0 Å². The average Bonchev–Trinajstić information content (AvgIpc) is 2.77. The zero-order valence-corrected chi connectivity index (χ0v) is 15.0. The topological polar surface area (TPSA) is 11.4 Å². The highest BCUT2D eigenvalue weighted by Crippen LogP contribution is 2.41. The molecule has 1 atom stereocenters. The van der Waals surface area contributed by atoms with E-state index in [1.165, 1.54) is 28.5 Å². The van der Waals surface area contributed by atoms with Gasteiger partial charge >= 0.3 is 0 Å². The highest BCUT2D eigenvalue weighted by molar-refractivity contribution is 7.99. The van der Waals surface area contributed by atoms with Crippen molar-refractivity contribution < 1.29 is 0 Å². The summed E-state index contributed by atoms with van der Waals surface area (Å²) in [6.45, 7) is 5.61. The van der Waals surface area contributed by atoms with Gasteiger partial charge in [-0.1, -0.05) is 23.4 Å². The maximum absolute atomic E-state index is 6.33. The summed E-state index contributed by atoms with van der Waals surface area (Å²) in [5.41, 5.74) is 1.38. The molecule has 3 heterocycles. The lowest BCUT2D eigenvalue weighted by Crippen LogP contribution is -2.34. The smallest absolute Gasteiger partial charge is 0.0797 e. The summed E-state index contributed by atoms with van der Waals surface area (Å²) in [4.78, 5) is 6.43. The van der Waals surface area contributed by atoms with Gasteiger partial charge in [0.15, 0.2) is 0 Å². The van der Waals surface area contributed by atoms with Crippen LogP contribution in [0.3, 0.4) is 0 Å². The van der Waals surface area contributed by atoms with Gasteiger partial charge in [0.05, 0.1) is 11.1 Å². The van der Waals surface area contributed by atoms with Crippen molar-refractivity contribution in [1.82, 2.24) is 14.4 Å². The maximum atomic E-state index is 6.33. The monoisotopic (exact) mass is 347 g/mol. The molecule has 2 aromatic rings.